The Hall–Kier alpha value is -1.11. The summed E-state index contributed by atoms with van der Waals surface area (Å²) in [6, 6.07) is 8.64. The Morgan fingerprint density at radius 2 is 2.12 bits per heavy atom. The van der Waals surface area contributed by atoms with E-state index in [-0.39, 0.29) is 0 Å². The van der Waals surface area contributed by atoms with E-state index in [1.54, 1.807) is 0 Å². The van der Waals surface area contributed by atoms with Crippen LogP contribution in [0.4, 0.5) is 0 Å². The molecule has 0 N–H and O–H groups in total. The Labute approximate surface area is 104 Å². The molecule has 0 amide bonds. The number of carbonyl (C=O) groups excluding carboxylic acids is 1. The summed E-state index contributed by atoms with van der Waals surface area (Å²) >= 11 is 0. The van der Waals surface area contributed by atoms with E-state index < -0.39 is 0 Å². The van der Waals surface area contributed by atoms with Crippen LogP contribution in [0.15, 0.2) is 24.3 Å². The molecule has 0 bridgehead atoms. The lowest BCUT2D eigenvalue weighted by molar-refractivity contribution is -0.120. The van der Waals surface area contributed by atoms with Crippen molar-refractivity contribution in [1.29, 1.82) is 0 Å². The van der Waals surface area contributed by atoms with Crippen LogP contribution in [-0.2, 0) is 11.2 Å². The van der Waals surface area contributed by atoms with E-state index >= 15 is 0 Å². The standard InChI is InChI=1S/C16H22O/c1-12(2)10-15(17)11-14-8-5-7-13-6-3-4-9-16(13)14/h3-4,6,9,12,14H,5,7-8,10-11H2,1-2H3. The van der Waals surface area contributed by atoms with Crippen molar-refractivity contribution in [3.05, 3.63) is 35.4 Å². The van der Waals surface area contributed by atoms with Crippen LogP contribution in [0.25, 0.3) is 0 Å². The summed E-state index contributed by atoms with van der Waals surface area (Å²) in [6.45, 7) is 4.24. The van der Waals surface area contributed by atoms with Crippen LogP contribution in [-0.4, -0.2) is 5.78 Å². The van der Waals surface area contributed by atoms with Crippen molar-refractivity contribution in [3.63, 3.8) is 0 Å². The molecule has 1 heteroatoms. The number of aryl methyl sites for hydroxylation is 1. The van der Waals surface area contributed by atoms with E-state index in [1.807, 2.05) is 0 Å². The van der Waals surface area contributed by atoms with Crippen molar-refractivity contribution < 1.29 is 4.79 Å². The molecule has 1 aliphatic carbocycles. The summed E-state index contributed by atoms with van der Waals surface area (Å²) in [4.78, 5) is 11.9. The van der Waals surface area contributed by atoms with Gasteiger partial charge in [-0.15, -0.1) is 0 Å². The minimum absolute atomic E-state index is 0.432. The highest BCUT2D eigenvalue weighted by Gasteiger charge is 2.22. The second-order valence-electron chi connectivity index (χ2n) is 5.63. The lowest BCUT2D eigenvalue weighted by atomic mass is 9.79. The van der Waals surface area contributed by atoms with Gasteiger partial charge in [-0.2, -0.15) is 0 Å². The van der Waals surface area contributed by atoms with Crippen LogP contribution in [0.2, 0.25) is 0 Å². The van der Waals surface area contributed by atoms with Crippen LogP contribution >= 0.6 is 0 Å². The average molecular weight is 230 g/mol. The molecule has 1 unspecified atom stereocenters. The predicted octanol–water partition coefficient (Wildman–Crippen LogP) is 4.11. The lowest BCUT2D eigenvalue weighted by Gasteiger charge is -2.25. The smallest absolute Gasteiger partial charge is 0.133 e. The Morgan fingerprint density at radius 1 is 1.35 bits per heavy atom. The number of Topliss-reactive ketones (excluding diaryl/α,β-unsaturated/α-hetero) is 1. The lowest BCUT2D eigenvalue weighted by Crippen LogP contribution is -2.14. The zero-order valence-electron chi connectivity index (χ0n) is 10.9. The molecule has 1 aliphatic rings. The van der Waals surface area contributed by atoms with Gasteiger partial charge in [-0.05, 0) is 42.2 Å². The Balaban J connectivity index is 2.06. The molecule has 0 fully saturated rings. The predicted molar refractivity (Wildman–Crippen MR) is 71.2 cm³/mol. The molecule has 0 heterocycles. The zero-order valence-corrected chi connectivity index (χ0v) is 10.9. The van der Waals surface area contributed by atoms with Crippen molar-refractivity contribution in [2.75, 3.05) is 0 Å². The minimum atomic E-state index is 0.432. The first-order valence-corrected chi connectivity index (χ1v) is 6.76. The van der Waals surface area contributed by atoms with Gasteiger partial charge < -0.3 is 0 Å². The molecular weight excluding hydrogens is 208 g/mol. The van der Waals surface area contributed by atoms with E-state index in [0.29, 0.717) is 17.6 Å². The van der Waals surface area contributed by atoms with Crippen molar-refractivity contribution in [2.45, 2.75) is 51.9 Å². The highest BCUT2D eigenvalue weighted by atomic mass is 16.1. The Kier molecular flexibility index (Phi) is 3.98. The van der Waals surface area contributed by atoms with Crippen molar-refractivity contribution in [2.24, 2.45) is 5.92 Å². The van der Waals surface area contributed by atoms with E-state index in [4.69, 9.17) is 0 Å². The van der Waals surface area contributed by atoms with Gasteiger partial charge in [0.15, 0.2) is 0 Å². The summed E-state index contributed by atoms with van der Waals surface area (Å²) in [5.41, 5.74) is 2.89. The Morgan fingerprint density at radius 3 is 2.88 bits per heavy atom. The second kappa shape index (κ2) is 5.48. The molecule has 0 saturated heterocycles. The topological polar surface area (TPSA) is 17.1 Å². The summed E-state index contributed by atoms with van der Waals surface area (Å²) in [7, 11) is 0. The molecule has 1 nitrogen and oxygen atoms in total. The van der Waals surface area contributed by atoms with Gasteiger partial charge in [0.25, 0.3) is 0 Å². The van der Waals surface area contributed by atoms with E-state index in [2.05, 4.69) is 38.1 Å². The molecule has 0 radical (unpaired) electrons. The normalized spacial score (nSPS) is 19.1. The summed E-state index contributed by atoms with van der Waals surface area (Å²) in [5, 5.41) is 0. The summed E-state index contributed by atoms with van der Waals surface area (Å²) in [6.07, 6.45) is 5.08. The van der Waals surface area contributed by atoms with Crippen molar-refractivity contribution >= 4 is 5.78 Å². The van der Waals surface area contributed by atoms with Gasteiger partial charge in [0, 0.05) is 12.8 Å². The van der Waals surface area contributed by atoms with Crippen LogP contribution in [0.3, 0.4) is 0 Å². The molecule has 1 aromatic carbocycles. The molecule has 0 saturated carbocycles. The second-order valence-corrected chi connectivity index (χ2v) is 5.63. The summed E-state index contributed by atoms with van der Waals surface area (Å²) < 4.78 is 0. The minimum Gasteiger partial charge on any atom is -0.300 e. The average Bonchev–Trinajstić information content (AvgIpc) is 2.28. The van der Waals surface area contributed by atoms with Gasteiger partial charge >= 0.3 is 0 Å². The first kappa shape index (κ1) is 12.3. The fourth-order valence-corrected chi connectivity index (χ4v) is 2.88. The van der Waals surface area contributed by atoms with Gasteiger partial charge in [-0.25, -0.2) is 0 Å². The number of carbonyl (C=O) groups is 1. The van der Waals surface area contributed by atoms with E-state index in [9.17, 15) is 4.79 Å². The highest BCUT2D eigenvalue weighted by molar-refractivity contribution is 5.79. The fourth-order valence-electron chi connectivity index (χ4n) is 2.88. The molecule has 2 rings (SSSR count). The molecular formula is C16H22O. The van der Waals surface area contributed by atoms with Crippen LogP contribution in [0.5, 0.6) is 0 Å². The van der Waals surface area contributed by atoms with Gasteiger partial charge in [-0.1, -0.05) is 38.1 Å². The number of fused-ring (bicyclic) bond motifs is 1. The maximum absolute atomic E-state index is 11.9. The maximum Gasteiger partial charge on any atom is 0.133 e. The third-order valence-electron chi connectivity index (χ3n) is 3.60. The van der Waals surface area contributed by atoms with Gasteiger partial charge in [0.1, 0.15) is 5.78 Å². The number of benzene rings is 1. The van der Waals surface area contributed by atoms with Gasteiger partial charge in [-0.3, -0.25) is 4.79 Å². The van der Waals surface area contributed by atoms with E-state index in [1.165, 1.54) is 30.4 Å². The van der Waals surface area contributed by atoms with Crippen LogP contribution in [0, 0.1) is 5.92 Å². The molecule has 0 aromatic heterocycles. The summed E-state index contributed by atoms with van der Waals surface area (Å²) in [5.74, 6) is 1.40. The first-order valence-electron chi connectivity index (χ1n) is 6.76. The monoisotopic (exact) mass is 230 g/mol. The number of ketones is 1. The highest BCUT2D eigenvalue weighted by Crippen LogP contribution is 2.34. The number of hydrogen-bond acceptors (Lipinski definition) is 1. The molecule has 92 valence electrons. The number of hydrogen-bond donors (Lipinski definition) is 0. The molecule has 1 aromatic rings. The fraction of sp³-hybridized carbons (Fsp3) is 0.562. The van der Waals surface area contributed by atoms with Crippen molar-refractivity contribution in [1.82, 2.24) is 0 Å². The first-order chi connectivity index (χ1) is 8.16. The largest absolute Gasteiger partial charge is 0.300 e. The quantitative estimate of drug-likeness (QED) is 0.760. The van der Waals surface area contributed by atoms with Crippen molar-refractivity contribution in [3.8, 4) is 0 Å². The molecule has 0 spiro atoms. The van der Waals surface area contributed by atoms with Gasteiger partial charge in [0.2, 0.25) is 0 Å². The molecule has 0 aliphatic heterocycles. The maximum atomic E-state index is 11.9. The number of rotatable bonds is 4. The van der Waals surface area contributed by atoms with E-state index in [0.717, 1.165) is 12.8 Å². The molecule has 17 heavy (non-hydrogen) atoms. The SMILES string of the molecule is CC(C)CC(=O)CC1CCCc2ccccc21. The third kappa shape index (κ3) is 3.18. The third-order valence-corrected chi connectivity index (χ3v) is 3.60. The zero-order chi connectivity index (χ0) is 12.3. The molecule has 1 atom stereocenters. The van der Waals surface area contributed by atoms with Gasteiger partial charge in [0.05, 0.1) is 0 Å². The van der Waals surface area contributed by atoms with Crippen LogP contribution < -0.4 is 0 Å². The van der Waals surface area contributed by atoms with Crippen LogP contribution in [0.1, 0.15) is 56.6 Å². The Bertz CT molecular complexity index is 392.